The van der Waals surface area contributed by atoms with Gasteiger partial charge >= 0.3 is 0 Å². The van der Waals surface area contributed by atoms with Gasteiger partial charge in [-0.2, -0.15) is 0 Å². The van der Waals surface area contributed by atoms with Crippen LogP contribution in [0.1, 0.15) is 39.5 Å². The standard InChI is InChI=1S/C11H23N/c1-4-6-7-11(8-9-12)10(3)5-2/h4,10-11H,1,5-9,12H2,2-3H3. The molecule has 0 saturated heterocycles. The topological polar surface area (TPSA) is 26.0 Å². The van der Waals surface area contributed by atoms with Gasteiger partial charge in [0.1, 0.15) is 0 Å². The molecule has 1 nitrogen and oxygen atoms in total. The minimum absolute atomic E-state index is 0.804. The average molecular weight is 169 g/mol. The molecule has 0 aromatic carbocycles. The van der Waals surface area contributed by atoms with E-state index in [1.807, 2.05) is 6.08 Å². The van der Waals surface area contributed by atoms with Crippen molar-refractivity contribution in [2.45, 2.75) is 39.5 Å². The molecule has 0 aromatic rings. The van der Waals surface area contributed by atoms with Crippen LogP contribution in [0.5, 0.6) is 0 Å². The minimum Gasteiger partial charge on any atom is -0.330 e. The Morgan fingerprint density at radius 1 is 1.42 bits per heavy atom. The lowest BCUT2D eigenvalue weighted by molar-refractivity contribution is 0.313. The van der Waals surface area contributed by atoms with Crippen LogP contribution in [0.3, 0.4) is 0 Å². The zero-order chi connectivity index (χ0) is 9.40. The zero-order valence-electron chi connectivity index (χ0n) is 8.55. The zero-order valence-corrected chi connectivity index (χ0v) is 8.55. The molecule has 2 atom stereocenters. The predicted molar refractivity (Wildman–Crippen MR) is 56.0 cm³/mol. The summed E-state index contributed by atoms with van der Waals surface area (Å²) in [6, 6.07) is 0. The fourth-order valence-electron chi connectivity index (χ4n) is 1.59. The normalized spacial score (nSPS) is 15.6. The summed E-state index contributed by atoms with van der Waals surface area (Å²) in [7, 11) is 0. The second-order valence-corrected chi connectivity index (χ2v) is 3.59. The van der Waals surface area contributed by atoms with E-state index in [0.29, 0.717) is 0 Å². The second-order valence-electron chi connectivity index (χ2n) is 3.59. The average Bonchev–Trinajstić information content (AvgIpc) is 2.11. The smallest absolute Gasteiger partial charge is 0.00745 e. The quantitative estimate of drug-likeness (QED) is 0.583. The first-order chi connectivity index (χ1) is 5.76. The highest BCUT2D eigenvalue weighted by Gasteiger charge is 2.13. The van der Waals surface area contributed by atoms with Gasteiger partial charge < -0.3 is 5.73 Å². The largest absolute Gasteiger partial charge is 0.330 e. The Hall–Kier alpha value is -0.300. The molecule has 72 valence electrons. The molecular formula is C11H23N. The van der Waals surface area contributed by atoms with Crippen molar-refractivity contribution in [2.24, 2.45) is 17.6 Å². The molecule has 12 heavy (non-hydrogen) atoms. The molecule has 0 aromatic heterocycles. The van der Waals surface area contributed by atoms with Crippen molar-refractivity contribution in [2.75, 3.05) is 6.54 Å². The first-order valence-corrected chi connectivity index (χ1v) is 5.07. The van der Waals surface area contributed by atoms with Gasteiger partial charge in [-0.15, -0.1) is 6.58 Å². The molecule has 0 heterocycles. The lowest BCUT2D eigenvalue weighted by Crippen LogP contribution is -2.15. The van der Waals surface area contributed by atoms with E-state index in [2.05, 4.69) is 20.4 Å². The highest BCUT2D eigenvalue weighted by atomic mass is 14.5. The second kappa shape index (κ2) is 7.35. The molecule has 2 unspecified atom stereocenters. The fraction of sp³-hybridized carbons (Fsp3) is 0.818. The van der Waals surface area contributed by atoms with Crippen molar-refractivity contribution in [3.05, 3.63) is 12.7 Å². The van der Waals surface area contributed by atoms with Gasteiger partial charge in [0.15, 0.2) is 0 Å². The molecule has 0 saturated carbocycles. The third-order valence-corrected chi connectivity index (χ3v) is 2.73. The molecule has 0 fully saturated rings. The Morgan fingerprint density at radius 3 is 2.50 bits per heavy atom. The summed E-state index contributed by atoms with van der Waals surface area (Å²) in [5.41, 5.74) is 5.57. The molecule has 0 spiro atoms. The van der Waals surface area contributed by atoms with E-state index in [4.69, 9.17) is 5.73 Å². The number of nitrogens with two attached hydrogens (primary N) is 1. The Bertz CT molecular complexity index is 110. The maximum Gasteiger partial charge on any atom is -0.00745 e. The van der Waals surface area contributed by atoms with Crippen molar-refractivity contribution in [1.82, 2.24) is 0 Å². The Morgan fingerprint density at radius 2 is 2.08 bits per heavy atom. The van der Waals surface area contributed by atoms with Gasteiger partial charge in [-0.1, -0.05) is 26.3 Å². The van der Waals surface area contributed by atoms with Crippen molar-refractivity contribution >= 4 is 0 Å². The lowest BCUT2D eigenvalue weighted by Gasteiger charge is -2.21. The van der Waals surface area contributed by atoms with Crippen LogP contribution in [-0.4, -0.2) is 6.54 Å². The van der Waals surface area contributed by atoms with E-state index >= 15 is 0 Å². The molecule has 2 N–H and O–H groups in total. The molecule has 0 aliphatic carbocycles. The van der Waals surface area contributed by atoms with Gasteiger partial charge in [-0.25, -0.2) is 0 Å². The number of hydrogen-bond donors (Lipinski definition) is 1. The molecule has 0 radical (unpaired) electrons. The van der Waals surface area contributed by atoms with Gasteiger partial charge in [-0.05, 0) is 37.6 Å². The van der Waals surface area contributed by atoms with Gasteiger partial charge in [0.05, 0.1) is 0 Å². The maximum absolute atomic E-state index is 5.57. The highest BCUT2D eigenvalue weighted by molar-refractivity contribution is 4.72. The van der Waals surface area contributed by atoms with Crippen LogP contribution in [0.4, 0.5) is 0 Å². The molecule has 0 rings (SSSR count). The highest BCUT2D eigenvalue weighted by Crippen LogP contribution is 2.23. The molecule has 0 aliphatic rings. The van der Waals surface area contributed by atoms with Gasteiger partial charge in [0, 0.05) is 0 Å². The lowest BCUT2D eigenvalue weighted by atomic mass is 9.85. The van der Waals surface area contributed by atoms with Crippen molar-refractivity contribution in [3.63, 3.8) is 0 Å². The monoisotopic (exact) mass is 169 g/mol. The summed E-state index contributed by atoms with van der Waals surface area (Å²) in [6.45, 7) is 9.15. The number of hydrogen-bond acceptors (Lipinski definition) is 1. The van der Waals surface area contributed by atoms with Crippen LogP contribution in [-0.2, 0) is 0 Å². The van der Waals surface area contributed by atoms with Crippen LogP contribution < -0.4 is 5.73 Å². The van der Waals surface area contributed by atoms with E-state index in [0.717, 1.165) is 24.8 Å². The fourth-order valence-corrected chi connectivity index (χ4v) is 1.59. The number of rotatable bonds is 7. The SMILES string of the molecule is C=CCCC(CCN)C(C)CC. The van der Waals surface area contributed by atoms with Crippen molar-refractivity contribution in [1.29, 1.82) is 0 Å². The van der Waals surface area contributed by atoms with Gasteiger partial charge in [-0.3, -0.25) is 0 Å². The minimum atomic E-state index is 0.804. The third kappa shape index (κ3) is 4.55. The van der Waals surface area contributed by atoms with Crippen LogP contribution in [0.25, 0.3) is 0 Å². The first-order valence-electron chi connectivity index (χ1n) is 5.07. The summed E-state index contributed by atoms with van der Waals surface area (Å²) < 4.78 is 0. The van der Waals surface area contributed by atoms with Crippen LogP contribution in [0, 0.1) is 11.8 Å². The van der Waals surface area contributed by atoms with E-state index in [-0.39, 0.29) is 0 Å². The van der Waals surface area contributed by atoms with E-state index in [1.54, 1.807) is 0 Å². The number of allylic oxidation sites excluding steroid dienone is 1. The summed E-state index contributed by atoms with van der Waals surface area (Å²) in [5, 5.41) is 0. The van der Waals surface area contributed by atoms with Crippen LogP contribution in [0.15, 0.2) is 12.7 Å². The van der Waals surface area contributed by atoms with Gasteiger partial charge in [0.2, 0.25) is 0 Å². The molecular weight excluding hydrogens is 146 g/mol. The summed E-state index contributed by atoms with van der Waals surface area (Å²) in [6.07, 6.45) is 6.83. The molecule has 0 amide bonds. The Labute approximate surface area is 77.0 Å². The Kier molecular flexibility index (Phi) is 7.17. The first kappa shape index (κ1) is 11.7. The molecule has 1 heteroatoms. The van der Waals surface area contributed by atoms with Gasteiger partial charge in [0.25, 0.3) is 0 Å². The van der Waals surface area contributed by atoms with Crippen molar-refractivity contribution in [3.8, 4) is 0 Å². The summed E-state index contributed by atoms with van der Waals surface area (Å²) in [5.74, 6) is 1.62. The van der Waals surface area contributed by atoms with Crippen molar-refractivity contribution < 1.29 is 0 Å². The van der Waals surface area contributed by atoms with E-state index < -0.39 is 0 Å². The van der Waals surface area contributed by atoms with E-state index in [1.165, 1.54) is 19.3 Å². The Balaban J connectivity index is 3.75. The summed E-state index contributed by atoms with van der Waals surface area (Å²) >= 11 is 0. The third-order valence-electron chi connectivity index (χ3n) is 2.73. The van der Waals surface area contributed by atoms with Crippen LogP contribution in [0.2, 0.25) is 0 Å². The van der Waals surface area contributed by atoms with Crippen LogP contribution >= 0.6 is 0 Å². The van der Waals surface area contributed by atoms with E-state index in [9.17, 15) is 0 Å². The maximum atomic E-state index is 5.57. The molecule has 0 aliphatic heterocycles. The predicted octanol–water partition coefficient (Wildman–Crippen LogP) is 2.96. The summed E-state index contributed by atoms with van der Waals surface area (Å²) in [4.78, 5) is 0. The molecule has 0 bridgehead atoms.